The van der Waals surface area contributed by atoms with Crippen molar-refractivity contribution in [3.8, 4) is 17.4 Å². The molecule has 3 rings (SSSR count). The third-order valence-corrected chi connectivity index (χ3v) is 4.17. The minimum absolute atomic E-state index is 0.00809. The van der Waals surface area contributed by atoms with Crippen molar-refractivity contribution in [2.24, 2.45) is 5.73 Å². The Bertz CT molecular complexity index is 752. The molecule has 3 N–H and O–H groups in total. The summed E-state index contributed by atoms with van der Waals surface area (Å²) in [6, 6.07) is 10.5. The van der Waals surface area contributed by atoms with Crippen LogP contribution in [0.5, 0.6) is 17.4 Å². The Morgan fingerprint density at radius 1 is 1.37 bits per heavy atom. The molecule has 0 spiro atoms. The van der Waals surface area contributed by atoms with Gasteiger partial charge in [0.2, 0.25) is 5.88 Å². The molecule has 1 fully saturated rings. The molecule has 1 aromatic carbocycles. The van der Waals surface area contributed by atoms with Gasteiger partial charge >= 0.3 is 6.03 Å². The molecule has 1 aliphatic heterocycles. The Morgan fingerprint density at radius 3 is 2.96 bits per heavy atom. The standard InChI is InChI=1S/C19H24N4O4/c1-25-15-3-2-4-16(11-15)27-18-6-5-14(12-21-18)22-19(24)23-9-10-26-17(13-23)7-8-20/h2-6,11-12,17H,7-10,13,20H2,1H3,(H,22,24)/t17-/m0/s1. The van der Waals surface area contributed by atoms with Gasteiger partial charge < -0.3 is 30.2 Å². The molecule has 8 nitrogen and oxygen atoms in total. The number of morpholine rings is 1. The number of benzene rings is 1. The highest BCUT2D eigenvalue weighted by Gasteiger charge is 2.23. The lowest BCUT2D eigenvalue weighted by atomic mass is 10.2. The molecule has 1 aliphatic rings. The topological polar surface area (TPSA) is 98.9 Å². The van der Waals surface area contributed by atoms with Crippen molar-refractivity contribution >= 4 is 11.7 Å². The average molecular weight is 372 g/mol. The number of pyridine rings is 1. The zero-order valence-corrected chi connectivity index (χ0v) is 15.3. The average Bonchev–Trinajstić information content (AvgIpc) is 2.70. The van der Waals surface area contributed by atoms with Crippen LogP contribution in [0.4, 0.5) is 10.5 Å². The summed E-state index contributed by atoms with van der Waals surface area (Å²) in [6.07, 6.45) is 2.29. The summed E-state index contributed by atoms with van der Waals surface area (Å²) in [5.41, 5.74) is 6.16. The van der Waals surface area contributed by atoms with Gasteiger partial charge in [0.1, 0.15) is 11.5 Å². The van der Waals surface area contributed by atoms with E-state index in [1.54, 1.807) is 36.4 Å². The fourth-order valence-electron chi connectivity index (χ4n) is 2.77. The maximum Gasteiger partial charge on any atom is 0.322 e. The minimum Gasteiger partial charge on any atom is -0.497 e. The van der Waals surface area contributed by atoms with Gasteiger partial charge in [0.05, 0.1) is 31.7 Å². The van der Waals surface area contributed by atoms with E-state index in [-0.39, 0.29) is 12.1 Å². The molecular formula is C19H24N4O4. The molecule has 2 amide bonds. The molecule has 1 atom stereocenters. The molecule has 0 bridgehead atoms. The first-order valence-corrected chi connectivity index (χ1v) is 8.83. The summed E-state index contributed by atoms with van der Waals surface area (Å²) >= 11 is 0. The number of nitrogens with two attached hydrogens (primary N) is 1. The van der Waals surface area contributed by atoms with E-state index in [2.05, 4.69) is 10.3 Å². The number of nitrogens with one attached hydrogen (secondary N) is 1. The van der Waals surface area contributed by atoms with Crippen LogP contribution in [0.15, 0.2) is 42.6 Å². The van der Waals surface area contributed by atoms with Crippen molar-refractivity contribution in [1.82, 2.24) is 9.88 Å². The summed E-state index contributed by atoms with van der Waals surface area (Å²) in [5, 5.41) is 2.85. The number of hydrogen-bond donors (Lipinski definition) is 2. The van der Waals surface area contributed by atoms with Crippen molar-refractivity contribution in [3.05, 3.63) is 42.6 Å². The molecular weight excluding hydrogens is 348 g/mol. The van der Waals surface area contributed by atoms with Crippen LogP contribution in [0.1, 0.15) is 6.42 Å². The second kappa shape index (κ2) is 9.20. The largest absolute Gasteiger partial charge is 0.497 e. The third kappa shape index (κ3) is 5.32. The normalized spacial score (nSPS) is 16.7. The number of nitrogens with zero attached hydrogens (tertiary/aromatic N) is 2. The highest BCUT2D eigenvalue weighted by atomic mass is 16.5. The summed E-state index contributed by atoms with van der Waals surface area (Å²) in [4.78, 5) is 18.4. The Morgan fingerprint density at radius 2 is 2.22 bits per heavy atom. The van der Waals surface area contributed by atoms with Crippen molar-refractivity contribution in [3.63, 3.8) is 0 Å². The van der Waals surface area contributed by atoms with Gasteiger partial charge in [-0.25, -0.2) is 9.78 Å². The maximum absolute atomic E-state index is 12.4. The number of ether oxygens (including phenoxy) is 3. The fraction of sp³-hybridized carbons (Fsp3) is 0.368. The molecule has 0 saturated carbocycles. The number of carbonyl (C=O) groups is 1. The number of rotatable bonds is 6. The summed E-state index contributed by atoms with van der Waals surface area (Å²) in [7, 11) is 1.60. The zero-order chi connectivity index (χ0) is 19.1. The van der Waals surface area contributed by atoms with Gasteiger partial charge in [0.25, 0.3) is 0 Å². The molecule has 8 heteroatoms. The minimum atomic E-state index is -0.177. The zero-order valence-electron chi connectivity index (χ0n) is 15.3. The van der Waals surface area contributed by atoms with E-state index in [1.165, 1.54) is 0 Å². The Labute approximate surface area is 158 Å². The van der Waals surface area contributed by atoms with E-state index in [9.17, 15) is 4.79 Å². The Balaban J connectivity index is 1.56. The lowest BCUT2D eigenvalue weighted by molar-refractivity contribution is -0.0146. The Hall–Kier alpha value is -2.84. The molecule has 144 valence electrons. The van der Waals surface area contributed by atoms with Crippen LogP contribution >= 0.6 is 0 Å². The molecule has 0 radical (unpaired) electrons. The van der Waals surface area contributed by atoms with E-state index in [0.717, 1.165) is 6.42 Å². The first-order valence-electron chi connectivity index (χ1n) is 8.83. The smallest absolute Gasteiger partial charge is 0.322 e. The molecule has 27 heavy (non-hydrogen) atoms. The number of hydrogen-bond acceptors (Lipinski definition) is 6. The van der Waals surface area contributed by atoms with E-state index < -0.39 is 0 Å². The van der Waals surface area contributed by atoms with Gasteiger partial charge in [0, 0.05) is 25.2 Å². The lowest BCUT2D eigenvalue weighted by Gasteiger charge is -2.32. The number of urea groups is 1. The first-order chi connectivity index (χ1) is 13.2. The second-order valence-electron chi connectivity index (χ2n) is 6.11. The quantitative estimate of drug-likeness (QED) is 0.808. The summed E-state index contributed by atoms with van der Waals surface area (Å²) in [6.45, 7) is 2.15. The lowest BCUT2D eigenvalue weighted by Crippen LogP contribution is -2.47. The monoisotopic (exact) mass is 372 g/mol. The van der Waals surface area contributed by atoms with E-state index >= 15 is 0 Å². The summed E-state index contributed by atoms with van der Waals surface area (Å²) in [5.74, 6) is 1.75. The van der Waals surface area contributed by atoms with Gasteiger partial charge in [0.15, 0.2) is 0 Å². The van der Waals surface area contributed by atoms with Crippen LogP contribution < -0.4 is 20.5 Å². The molecule has 1 saturated heterocycles. The van der Waals surface area contributed by atoms with E-state index in [4.69, 9.17) is 19.9 Å². The van der Waals surface area contributed by atoms with Crippen LogP contribution in [-0.4, -0.2) is 55.4 Å². The van der Waals surface area contributed by atoms with Gasteiger partial charge in [-0.3, -0.25) is 0 Å². The molecule has 2 aromatic rings. The first kappa shape index (κ1) is 18.9. The highest BCUT2D eigenvalue weighted by Crippen LogP contribution is 2.24. The third-order valence-electron chi connectivity index (χ3n) is 4.17. The fourth-order valence-corrected chi connectivity index (χ4v) is 2.77. The summed E-state index contributed by atoms with van der Waals surface area (Å²) < 4.78 is 16.5. The van der Waals surface area contributed by atoms with Gasteiger partial charge in [-0.2, -0.15) is 0 Å². The van der Waals surface area contributed by atoms with Gasteiger partial charge in [-0.1, -0.05) is 6.07 Å². The number of aromatic nitrogens is 1. The number of anilines is 1. The van der Waals surface area contributed by atoms with E-state index in [1.807, 2.05) is 18.2 Å². The number of carbonyl (C=O) groups excluding carboxylic acids is 1. The van der Waals surface area contributed by atoms with Crippen LogP contribution in [-0.2, 0) is 4.74 Å². The van der Waals surface area contributed by atoms with Gasteiger partial charge in [-0.15, -0.1) is 0 Å². The Kier molecular flexibility index (Phi) is 6.45. The van der Waals surface area contributed by atoms with Crippen LogP contribution in [0.25, 0.3) is 0 Å². The predicted molar refractivity (Wildman–Crippen MR) is 101 cm³/mol. The van der Waals surface area contributed by atoms with Crippen LogP contribution in [0.3, 0.4) is 0 Å². The predicted octanol–water partition coefficient (Wildman–Crippen LogP) is 2.46. The van der Waals surface area contributed by atoms with E-state index in [0.29, 0.717) is 49.3 Å². The van der Waals surface area contributed by atoms with Crippen LogP contribution in [0, 0.1) is 0 Å². The van der Waals surface area contributed by atoms with Crippen molar-refractivity contribution in [2.75, 3.05) is 38.7 Å². The van der Waals surface area contributed by atoms with Crippen molar-refractivity contribution in [2.45, 2.75) is 12.5 Å². The second-order valence-corrected chi connectivity index (χ2v) is 6.11. The highest BCUT2D eigenvalue weighted by molar-refractivity contribution is 5.89. The van der Waals surface area contributed by atoms with Crippen molar-refractivity contribution < 1.29 is 19.0 Å². The van der Waals surface area contributed by atoms with Gasteiger partial charge in [-0.05, 0) is 31.2 Å². The number of amides is 2. The molecule has 0 aliphatic carbocycles. The molecule has 0 unspecified atom stereocenters. The molecule has 1 aromatic heterocycles. The van der Waals surface area contributed by atoms with Crippen LogP contribution in [0.2, 0.25) is 0 Å². The van der Waals surface area contributed by atoms with Crippen molar-refractivity contribution in [1.29, 1.82) is 0 Å². The number of methoxy groups -OCH3 is 1. The SMILES string of the molecule is COc1cccc(Oc2ccc(NC(=O)N3CCO[C@@H](CCN)C3)cn2)c1. The molecule has 2 heterocycles. The maximum atomic E-state index is 12.4.